The molecule has 0 spiro atoms. The van der Waals surface area contributed by atoms with Gasteiger partial charge in [0.1, 0.15) is 0 Å². The van der Waals surface area contributed by atoms with E-state index < -0.39 is 0 Å². The van der Waals surface area contributed by atoms with Gasteiger partial charge in [0.05, 0.1) is 20.3 Å². The van der Waals surface area contributed by atoms with Crippen LogP contribution in [0.25, 0.3) is 0 Å². The number of hydrogen-bond donors (Lipinski definition) is 0. The van der Waals surface area contributed by atoms with Crippen molar-refractivity contribution in [1.29, 1.82) is 0 Å². The number of para-hydroxylation sites is 1. The van der Waals surface area contributed by atoms with Gasteiger partial charge >= 0.3 is 0 Å². The summed E-state index contributed by atoms with van der Waals surface area (Å²) < 4.78 is 15.8. The number of methoxy groups -OCH3 is 2. The van der Waals surface area contributed by atoms with Gasteiger partial charge in [-0.15, -0.1) is 0 Å². The Balaban J connectivity index is 2.98. The fourth-order valence-electron chi connectivity index (χ4n) is 1.33. The molecule has 0 N–H and O–H groups in total. The van der Waals surface area contributed by atoms with Crippen LogP contribution in [0.3, 0.4) is 0 Å². The molecule has 0 bridgehead atoms. The minimum absolute atomic E-state index is 0.532. The second-order valence-corrected chi connectivity index (χ2v) is 2.81. The van der Waals surface area contributed by atoms with Crippen LogP contribution in [0.4, 0.5) is 0 Å². The Labute approximate surface area is 84.6 Å². The third-order valence-electron chi connectivity index (χ3n) is 1.86. The lowest BCUT2D eigenvalue weighted by molar-refractivity contribution is 0.180. The molecule has 0 aliphatic carbocycles. The fourth-order valence-corrected chi connectivity index (χ4v) is 1.33. The number of hydrogen-bond acceptors (Lipinski definition) is 3. The lowest BCUT2D eigenvalue weighted by Gasteiger charge is -2.12. The van der Waals surface area contributed by atoms with Crippen LogP contribution in [0.15, 0.2) is 18.2 Å². The first-order valence-electron chi connectivity index (χ1n) is 4.61. The van der Waals surface area contributed by atoms with Crippen LogP contribution in [0, 0.1) is 0 Å². The summed E-state index contributed by atoms with van der Waals surface area (Å²) in [5.74, 6) is 1.53. The van der Waals surface area contributed by atoms with E-state index >= 15 is 0 Å². The summed E-state index contributed by atoms with van der Waals surface area (Å²) in [5, 5.41) is 0. The van der Waals surface area contributed by atoms with Crippen LogP contribution >= 0.6 is 0 Å². The maximum Gasteiger partial charge on any atom is 0.166 e. The van der Waals surface area contributed by atoms with Crippen molar-refractivity contribution in [2.24, 2.45) is 0 Å². The van der Waals surface area contributed by atoms with Crippen molar-refractivity contribution >= 4 is 0 Å². The summed E-state index contributed by atoms with van der Waals surface area (Å²) in [7, 11) is 3.30. The van der Waals surface area contributed by atoms with Gasteiger partial charge < -0.3 is 14.2 Å². The molecule has 0 aliphatic rings. The van der Waals surface area contributed by atoms with Crippen molar-refractivity contribution in [2.75, 3.05) is 20.8 Å². The molecule has 3 nitrogen and oxygen atoms in total. The molecule has 0 saturated heterocycles. The van der Waals surface area contributed by atoms with Gasteiger partial charge in [-0.05, 0) is 13.0 Å². The van der Waals surface area contributed by atoms with Crippen molar-refractivity contribution in [3.63, 3.8) is 0 Å². The maximum absolute atomic E-state index is 5.43. The maximum atomic E-state index is 5.43. The Morgan fingerprint density at radius 3 is 2.57 bits per heavy atom. The lowest BCUT2D eigenvalue weighted by atomic mass is 10.2. The van der Waals surface area contributed by atoms with Gasteiger partial charge in [0, 0.05) is 12.7 Å². The molecule has 3 heteroatoms. The highest BCUT2D eigenvalue weighted by Crippen LogP contribution is 2.31. The first-order valence-corrected chi connectivity index (χ1v) is 4.61. The normalized spacial score (nSPS) is 9.93. The third kappa shape index (κ3) is 2.39. The van der Waals surface area contributed by atoms with Crippen LogP contribution in [0.2, 0.25) is 0 Å². The van der Waals surface area contributed by atoms with E-state index in [1.165, 1.54) is 0 Å². The minimum atomic E-state index is 0.532. The predicted molar refractivity (Wildman–Crippen MR) is 54.9 cm³/mol. The second-order valence-electron chi connectivity index (χ2n) is 2.81. The molecule has 14 heavy (non-hydrogen) atoms. The Morgan fingerprint density at radius 2 is 2.00 bits per heavy atom. The molecule has 0 unspecified atom stereocenters. The van der Waals surface area contributed by atoms with E-state index in [1.54, 1.807) is 14.2 Å². The molecule has 1 rings (SSSR count). The highest BCUT2D eigenvalue weighted by atomic mass is 16.5. The van der Waals surface area contributed by atoms with Crippen molar-refractivity contribution in [2.45, 2.75) is 13.5 Å². The molecule has 0 heterocycles. The van der Waals surface area contributed by atoms with E-state index in [0.717, 1.165) is 17.1 Å². The Morgan fingerprint density at radius 1 is 1.21 bits per heavy atom. The third-order valence-corrected chi connectivity index (χ3v) is 1.86. The van der Waals surface area contributed by atoms with Crippen molar-refractivity contribution in [1.82, 2.24) is 0 Å². The van der Waals surface area contributed by atoms with Gasteiger partial charge in [0.25, 0.3) is 0 Å². The van der Waals surface area contributed by atoms with Gasteiger partial charge in [0.15, 0.2) is 11.5 Å². The molecule has 78 valence electrons. The van der Waals surface area contributed by atoms with E-state index in [2.05, 4.69) is 0 Å². The fraction of sp³-hybridized carbons (Fsp3) is 0.455. The summed E-state index contributed by atoms with van der Waals surface area (Å²) >= 11 is 0. The smallest absolute Gasteiger partial charge is 0.166 e. The lowest BCUT2D eigenvalue weighted by Crippen LogP contribution is -1.99. The largest absolute Gasteiger partial charge is 0.492 e. The molecule has 1 aromatic rings. The average molecular weight is 196 g/mol. The Kier molecular flexibility index (Phi) is 4.26. The molecular formula is C11H16O3. The quantitative estimate of drug-likeness (QED) is 0.722. The SMILES string of the molecule is CCOc1cccc(COC)c1OC. The standard InChI is InChI=1S/C11H16O3/c1-4-14-10-7-5-6-9(8-12-2)11(10)13-3/h5-7H,4,8H2,1-3H3. The molecule has 0 aromatic heterocycles. The Bertz CT molecular complexity index is 260. The molecule has 0 radical (unpaired) electrons. The summed E-state index contributed by atoms with van der Waals surface area (Å²) in [4.78, 5) is 0. The van der Waals surface area contributed by atoms with Crippen LogP contribution in [0.5, 0.6) is 11.5 Å². The van der Waals surface area contributed by atoms with Gasteiger partial charge in [-0.3, -0.25) is 0 Å². The van der Waals surface area contributed by atoms with E-state index in [0.29, 0.717) is 13.2 Å². The van der Waals surface area contributed by atoms with Crippen molar-refractivity contribution < 1.29 is 14.2 Å². The molecule has 0 saturated carbocycles. The first kappa shape index (κ1) is 10.9. The van der Waals surface area contributed by atoms with Crippen LogP contribution < -0.4 is 9.47 Å². The summed E-state index contributed by atoms with van der Waals surface area (Å²) in [6, 6.07) is 5.79. The number of rotatable bonds is 5. The minimum Gasteiger partial charge on any atom is -0.492 e. The molecule has 0 fully saturated rings. The average Bonchev–Trinajstić information content (AvgIpc) is 2.19. The molecule has 0 atom stereocenters. The first-order chi connectivity index (χ1) is 6.83. The van der Waals surface area contributed by atoms with Gasteiger partial charge in [0.2, 0.25) is 0 Å². The van der Waals surface area contributed by atoms with E-state index in [1.807, 2.05) is 25.1 Å². The zero-order valence-electron chi connectivity index (χ0n) is 8.87. The van der Waals surface area contributed by atoms with E-state index in [4.69, 9.17) is 14.2 Å². The summed E-state index contributed by atoms with van der Waals surface area (Å²) in [6.45, 7) is 3.11. The van der Waals surface area contributed by atoms with Crippen LogP contribution in [0.1, 0.15) is 12.5 Å². The molecule has 0 amide bonds. The van der Waals surface area contributed by atoms with E-state index in [9.17, 15) is 0 Å². The predicted octanol–water partition coefficient (Wildman–Crippen LogP) is 2.24. The van der Waals surface area contributed by atoms with E-state index in [-0.39, 0.29) is 0 Å². The van der Waals surface area contributed by atoms with Crippen molar-refractivity contribution in [3.05, 3.63) is 23.8 Å². The second kappa shape index (κ2) is 5.50. The Hall–Kier alpha value is -1.22. The molecule has 0 aliphatic heterocycles. The topological polar surface area (TPSA) is 27.7 Å². The highest BCUT2D eigenvalue weighted by Gasteiger charge is 2.08. The summed E-state index contributed by atoms with van der Waals surface area (Å²) in [6.07, 6.45) is 0. The zero-order chi connectivity index (χ0) is 10.4. The van der Waals surface area contributed by atoms with Gasteiger partial charge in [-0.2, -0.15) is 0 Å². The van der Waals surface area contributed by atoms with Crippen LogP contribution in [-0.2, 0) is 11.3 Å². The van der Waals surface area contributed by atoms with Crippen LogP contribution in [-0.4, -0.2) is 20.8 Å². The zero-order valence-corrected chi connectivity index (χ0v) is 8.87. The van der Waals surface area contributed by atoms with Gasteiger partial charge in [-0.1, -0.05) is 12.1 Å². The summed E-state index contributed by atoms with van der Waals surface area (Å²) in [5.41, 5.74) is 1.00. The van der Waals surface area contributed by atoms with Crippen molar-refractivity contribution in [3.8, 4) is 11.5 Å². The monoisotopic (exact) mass is 196 g/mol. The number of ether oxygens (including phenoxy) is 3. The molecular weight excluding hydrogens is 180 g/mol. The van der Waals surface area contributed by atoms with Gasteiger partial charge in [-0.25, -0.2) is 0 Å². The number of benzene rings is 1. The highest BCUT2D eigenvalue weighted by molar-refractivity contribution is 5.46. The molecule has 1 aromatic carbocycles.